The Morgan fingerprint density at radius 3 is 2.93 bits per heavy atom. The van der Waals surface area contributed by atoms with Gasteiger partial charge in [0.25, 0.3) is 5.91 Å². The topological polar surface area (TPSA) is 73.4 Å². The quantitative estimate of drug-likeness (QED) is 0.756. The van der Waals surface area contributed by atoms with E-state index in [1.165, 1.54) is 11.3 Å². The molecule has 138 valence electrons. The number of fused-ring (bicyclic) bond motifs is 1. The number of likely N-dealkylation sites (tertiary alicyclic amines) is 1. The molecule has 1 aliphatic rings. The molecule has 4 rings (SSSR count). The number of nitriles is 1. The van der Waals surface area contributed by atoms with Crippen molar-refractivity contribution in [3.05, 3.63) is 57.8 Å². The van der Waals surface area contributed by atoms with Gasteiger partial charge in [0.15, 0.2) is 0 Å². The summed E-state index contributed by atoms with van der Waals surface area (Å²) in [5.41, 5.74) is 5.27. The van der Waals surface area contributed by atoms with Gasteiger partial charge >= 0.3 is 0 Å². The average Bonchev–Trinajstić information content (AvgIpc) is 3.26. The molecule has 1 fully saturated rings. The predicted octanol–water partition coefficient (Wildman–Crippen LogP) is 2.97. The predicted molar refractivity (Wildman–Crippen MR) is 105 cm³/mol. The van der Waals surface area contributed by atoms with E-state index in [0.29, 0.717) is 4.88 Å². The number of hydrogen-bond acceptors (Lipinski definition) is 5. The third-order valence-corrected chi connectivity index (χ3v) is 6.07. The Bertz CT molecular complexity index is 1010. The number of aromatic nitrogens is 2. The molecule has 0 spiro atoms. The van der Waals surface area contributed by atoms with Crippen LogP contribution in [-0.2, 0) is 6.54 Å². The van der Waals surface area contributed by atoms with Gasteiger partial charge in [-0.05, 0) is 31.9 Å². The fourth-order valence-corrected chi connectivity index (χ4v) is 4.38. The number of rotatable bonds is 4. The number of nitrogens with zero attached hydrogens (tertiary/aromatic N) is 4. The third-order valence-electron chi connectivity index (χ3n) is 5.14. The number of thiazole rings is 1. The zero-order valence-corrected chi connectivity index (χ0v) is 16.0. The molecule has 3 aromatic rings. The summed E-state index contributed by atoms with van der Waals surface area (Å²) in [5.74, 6) is -0.0149. The Morgan fingerprint density at radius 1 is 1.41 bits per heavy atom. The SMILES string of the molecule is Cc1ncsc1C(=O)NC1CCN(Cc2cn3ccccc3c2C#N)CC1. The lowest BCUT2D eigenvalue weighted by Gasteiger charge is -2.32. The van der Waals surface area contributed by atoms with Gasteiger partial charge in [0, 0.05) is 43.6 Å². The third kappa shape index (κ3) is 3.59. The Morgan fingerprint density at radius 2 is 2.22 bits per heavy atom. The zero-order valence-electron chi connectivity index (χ0n) is 15.2. The van der Waals surface area contributed by atoms with Gasteiger partial charge in [-0.1, -0.05) is 6.07 Å². The Kier molecular flexibility index (Phi) is 4.92. The van der Waals surface area contributed by atoms with Crippen LogP contribution < -0.4 is 5.32 Å². The van der Waals surface area contributed by atoms with Crippen molar-refractivity contribution in [1.29, 1.82) is 5.26 Å². The lowest BCUT2D eigenvalue weighted by Crippen LogP contribution is -2.44. The molecule has 0 aromatic carbocycles. The van der Waals surface area contributed by atoms with Crippen molar-refractivity contribution in [2.75, 3.05) is 13.1 Å². The lowest BCUT2D eigenvalue weighted by atomic mass is 10.0. The maximum atomic E-state index is 12.4. The van der Waals surface area contributed by atoms with Crippen LogP contribution in [0.15, 0.2) is 36.1 Å². The standard InChI is InChI=1S/C20H21N5OS/c1-14-19(27-13-22-14)20(26)23-16-5-8-24(9-6-16)11-15-12-25-7-3-2-4-18(25)17(15)10-21/h2-4,7,12-13,16H,5-6,8-9,11H2,1H3,(H,23,26). The van der Waals surface area contributed by atoms with E-state index in [1.54, 1.807) is 5.51 Å². The number of pyridine rings is 1. The molecule has 0 bridgehead atoms. The van der Waals surface area contributed by atoms with E-state index in [-0.39, 0.29) is 11.9 Å². The number of carbonyl (C=O) groups is 1. The molecule has 1 saturated heterocycles. The molecule has 1 aliphatic heterocycles. The Balaban J connectivity index is 1.37. The molecule has 0 atom stereocenters. The zero-order chi connectivity index (χ0) is 18.8. The fourth-order valence-electron chi connectivity index (χ4n) is 3.67. The highest BCUT2D eigenvalue weighted by Gasteiger charge is 2.23. The highest BCUT2D eigenvalue weighted by atomic mass is 32.1. The van der Waals surface area contributed by atoms with Gasteiger partial charge in [-0.2, -0.15) is 5.26 Å². The van der Waals surface area contributed by atoms with Crippen LogP contribution in [0.4, 0.5) is 0 Å². The van der Waals surface area contributed by atoms with Gasteiger partial charge in [0.05, 0.1) is 22.3 Å². The maximum absolute atomic E-state index is 12.4. The first-order valence-electron chi connectivity index (χ1n) is 9.07. The number of carbonyl (C=O) groups excluding carboxylic acids is 1. The minimum atomic E-state index is -0.0149. The van der Waals surface area contributed by atoms with Crippen molar-refractivity contribution in [3.8, 4) is 6.07 Å². The summed E-state index contributed by atoms with van der Waals surface area (Å²) in [5, 5.41) is 12.7. The van der Waals surface area contributed by atoms with Crippen LogP contribution in [0.25, 0.3) is 5.52 Å². The van der Waals surface area contributed by atoms with Gasteiger partial charge in [-0.15, -0.1) is 11.3 Å². The van der Waals surface area contributed by atoms with E-state index in [9.17, 15) is 10.1 Å². The summed E-state index contributed by atoms with van der Waals surface area (Å²) < 4.78 is 2.01. The molecule has 4 heterocycles. The molecular weight excluding hydrogens is 358 g/mol. The van der Waals surface area contributed by atoms with E-state index >= 15 is 0 Å². The number of piperidine rings is 1. The molecule has 3 aromatic heterocycles. The first-order chi connectivity index (χ1) is 13.2. The summed E-state index contributed by atoms with van der Waals surface area (Å²) in [6.07, 6.45) is 5.86. The fraction of sp³-hybridized carbons (Fsp3) is 0.350. The first-order valence-corrected chi connectivity index (χ1v) is 9.95. The molecule has 7 heteroatoms. The molecule has 0 aliphatic carbocycles. The second-order valence-corrected chi connectivity index (χ2v) is 7.78. The van der Waals surface area contributed by atoms with Gasteiger partial charge < -0.3 is 9.72 Å². The summed E-state index contributed by atoms with van der Waals surface area (Å²) in [4.78, 5) is 19.6. The largest absolute Gasteiger partial charge is 0.348 e. The minimum absolute atomic E-state index is 0.0149. The molecule has 1 amide bonds. The van der Waals surface area contributed by atoms with Crippen LogP contribution in [0, 0.1) is 18.3 Å². The van der Waals surface area contributed by atoms with E-state index in [0.717, 1.165) is 54.8 Å². The lowest BCUT2D eigenvalue weighted by molar-refractivity contribution is 0.0912. The number of aryl methyl sites for hydroxylation is 1. The summed E-state index contributed by atoms with van der Waals surface area (Å²) in [6, 6.07) is 8.45. The summed E-state index contributed by atoms with van der Waals surface area (Å²) in [6.45, 7) is 4.44. The molecule has 0 unspecified atom stereocenters. The first kappa shape index (κ1) is 17.7. The van der Waals surface area contributed by atoms with Crippen LogP contribution in [-0.4, -0.2) is 39.3 Å². The summed E-state index contributed by atoms with van der Waals surface area (Å²) >= 11 is 1.39. The van der Waals surface area contributed by atoms with Crippen molar-refractivity contribution in [1.82, 2.24) is 19.6 Å². The molecule has 0 saturated carbocycles. The van der Waals surface area contributed by atoms with Gasteiger partial charge in [0.2, 0.25) is 0 Å². The monoisotopic (exact) mass is 379 g/mol. The molecule has 27 heavy (non-hydrogen) atoms. The van der Waals surface area contributed by atoms with Crippen LogP contribution in [0.1, 0.15) is 39.3 Å². The van der Waals surface area contributed by atoms with Crippen molar-refractivity contribution < 1.29 is 4.79 Å². The van der Waals surface area contributed by atoms with Crippen LogP contribution in [0.3, 0.4) is 0 Å². The normalized spacial score (nSPS) is 15.7. The van der Waals surface area contributed by atoms with E-state index in [1.807, 2.05) is 41.9 Å². The van der Waals surface area contributed by atoms with Crippen molar-refractivity contribution in [3.63, 3.8) is 0 Å². The van der Waals surface area contributed by atoms with Gasteiger partial charge in [-0.25, -0.2) is 4.98 Å². The second-order valence-electron chi connectivity index (χ2n) is 6.93. The Labute approximate surface area is 162 Å². The number of hydrogen-bond donors (Lipinski definition) is 1. The summed E-state index contributed by atoms with van der Waals surface area (Å²) in [7, 11) is 0. The second kappa shape index (κ2) is 7.51. The smallest absolute Gasteiger partial charge is 0.263 e. The van der Waals surface area contributed by atoms with E-state index in [2.05, 4.69) is 21.3 Å². The Hall–Kier alpha value is -2.69. The van der Waals surface area contributed by atoms with Crippen LogP contribution in [0.5, 0.6) is 0 Å². The van der Waals surface area contributed by atoms with Crippen LogP contribution >= 0.6 is 11.3 Å². The minimum Gasteiger partial charge on any atom is -0.348 e. The molecule has 0 radical (unpaired) electrons. The van der Waals surface area contributed by atoms with E-state index in [4.69, 9.17) is 0 Å². The molecular formula is C20H21N5OS. The average molecular weight is 379 g/mol. The number of nitrogens with one attached hydrogen (secondary N) is 1. The van der Waals surface area contributed by atoms with E-state index < -0.39 is 0 Å². The van der Waals surface area contributed by atoms with Crippen LogP contribution in [0.2, 0.25) is 0 Å². The molecule has 6 nitrogen and oxygen atoms in total. The molecule has 1 N–H and O–H groups in total. The number of amides is 1. The maximum Gasteiger partial charge on any atom is 0.263 e. The van der Waals surface area contributed by atoms with Gasteiger partial charge in [0.1, 0.15) is 10.9 Å². The highest BCUT2D eigenvalue weighted by molar-refractivity contribution is 7.11. The van der Waals surface area contributed by atoms with Crippen molar-refractivity contribution in [2.24, 2.45) is 0 Å². The highest BCUT2D eigenvalue weighted by Crippen LogP contribution is 2.22. The van der Waals surface area contributed by atoms with Gasteiger partial charge in [-0.3, -0.25) is 9.69 Å². The van der Waals surface area contributed by atoms with Crippen molar-refractivity contribution in [2.45, 2.75) is 32.4 Å². The van der Waals surface area contributed by atoms with Crippen molar-refractivity contribution >= 4 is 22.8 Å².